The summed E-state index contributed by atoms with van der Waals surface area (Å²) < 4.78 is 5.65. The van der Waals surface area contributed by atoms with Crippen molar-refractivity contribution in [1.82, 2.24) is 14.9 Å². The van der Waals surface area contributed by atoms with E-state index in [9.17, 15) is 4.79 Å². The number of carbonyl (C=O) groups is 1. The summed E-state index contributed by atoms with van der Waals surface area (Å²) >= 11 is 0. The minimum atomic E-state index is 0.0800. The van der Waals surface area contributed by atoms with Gasteiger partial charge in [0, 0.05) is 18.2 Å². The first-order chi connectivity index (χ1) is 14.7. The molecular formula is C23H37N5O2. The molecule has 0 unspecified atom stereocenters. The van der Waals surface area contributed by atoms with Crippen molar-refractivity contribution < 1.29 is 9.53 Å². The van der Waals surface area contributed by atoms with Gasteiger partial charge >= 0.3 is 6.01 Å². The van der Waals surface area contributed by atoms with Gasteiger partial charge in [-0.3, -0.25) is 9.69 Å². The zero-order valence-corrected chi connectivity index (χ0v) is 18.4. The number of carbonyl (C=O) groups excluding carboxylic acids is 1. The molecule has 2 aliphatic heterocycles. The average molecular weight is 416 g/mol. The molecule has 1 aliphatic carbocycles. The van der Waals surface area contributed by atoms with Gasteiger partial charge in [0.25, 0.3) is 0 Å². The number of hydrogen-bond acceptors (Lipinski definition) is 6. The van der Waals surface area contributed by atoms with Gasteiger partial charge in [-0.05, 0) is 57.5 Å². The number of ether oxygens (including phenoxy) is 1. The predicted molar refractivity (Wildman–Crippen MR) is 119 cm³/mol. The molecule has 1 aromatic heterocycles. The minimum Gasteiger partial charge on any atom is -0.463 e. The number of nitrogens with zero attached hydrogens (tertiary/aromatic N) is 4. The molecular weight excluding hydrogens is 378 g/mol. The standard InChI is InChI=1S/C23H37N5O2/c1-2-3-15-30-23-25-21(24)19-16-20(29)28(22(19)26-23)14-11-17-9-12-27(13-10-17)18-7-5-4-6-8-18/h17-18H,2-16H2,1H3,(H2,24,25,26). The van der Waals surface area contributed by atoms with Gasteiger partial charge in [-0.15, -0.1) is 0 Å². The highest BCUT2D eigenvalue weighted by Crippen LogP contribution is 2.34. The van der Waals surface area contributed by atoms with Crippen LogP contribution >= 0.6 is 0 Å². The van der Waals surface area contributed by atoms with Crippen molar-refractivity contribution >= 4 is 17.5 Å². The maximum absolute atomic E-state index is 12.6. The van der Waals surface area contributed by atoms with Crippen LogP contribution in [-0.2, 0) is 11.2 Å². The second-order valence-corrected chi connectivity index (χ2v) is 9.18. The lowest BCUT2D eigenvalue weighted by Gasteiger charge is -2.39. The van der Waals surface area contributed by atoms with E-state index in [-0.39, 0.29) is 5.91 Å². The monoisotopic (exact) mass is 415 g/mol. The molecule has 1 amide bonds. The third kappa shape index (κ3) is 4.88. The molecule has 4 rings (SSSR count). The van der Waals surface area contributed by atoms with E-state index < -0.39 is 0 Å². The molecule has 7 nitrogen and oxygen atoms in total. The Hall–Kier alpha value is -1.89. The number of amides is 1. The molecule has 0 bridgehead atoms. The molecule has 1 saturated carbocycles. The Labute approximate surface area is 180 Å². The van der Waals surface area contributed by atoms with Crippen LogP contribution in [0.15, 0.2) is 0 Å². The zero-order chi connectivity index (χ0) is 20.9. The number of piperidine rings is 1. The van der Waals surface area contributed by atoms with Gasteiger partial charge in [-0.1, -0.05) is 32.6 Å². The zero-order valence-electron chi connectivity index (χ0n) is 18.4. The van der Waals surface area contributed by atoms with E-state index in [0.29, 0.717) is 43.1 Å². The van der Waals surface area contributed by atoms with Gasteiger partial charge in [0.1, 0.15) is 11.6 Å². The second-order valence-electron chi connectivity index (χ2n) is 9.18. The number of likely N-dealkylation sites (tertiary alicyclic amines) is 1. The molecule has 3 aliphatic rings. The van der Waals surface area contributed by atoms with Gasteiger partial charge in [0.05, 0.1) is 13.0 Å². The van der Waals surface area contributed by atoms with Crippen LogP contribution in [0.2, 0.25) is 0 Å². The molecule has 0 radical (unpaired) electrons. The van der Waals surface area contributed by atoms with Gasteiger partial charge in [0.15, 0.2) is 0 Å². The summed E-state index contributed by atoms with van der Waals surface area (Å²) in [5, 5.41) is 0. The first-order valence-electron chi connectivity index (χ1n) is 12.0. The fraction of sp³-hybridized carbons (Fsp3) is 0.783. The molecule has 2 N–H and O–H groups in total. The third-order valence-electron chi connectivity index (χ3n) is 7.11. The lowest BCUT2D eigenvalue weighted by atomic mass is 9.89. The average Bonchev–Trinajstić information content (AvgIpc) is 3.09. The van der Waals surface area contributed by atoms with Gasteiger partial charge in [-0.25, -0.2) is 0 Å². The second kappa shape index (κ2) is 9.94. The molecule has 2 fully saturated rings. The molecule has 1 aromatic rings. The molecule has 0 spiro atoms. The number of aromatic nitrogens is 2. The highest BCUT2D eigenvalue weighted by molar-refractivity contribution is 6.01. The summed E-state index contributed by atoms with van der Waals surface area (Å²) in [5.74, 6) is 1.80. The molecule has 30 heavy (non-hydrogen) atoms. The van der Waals surface area contributed by atoms with Crippen molar-refractivity contribution in [3.8, 4) is 6.01 Å². The molecule has 166 valence electrons. The number of fused-ring (bicyclic) bond motifs is 1. The van der Waals surface area contributed by atoms with E-state index in [1.54, 1.807) is 0 Å². The summed E-state index contributed by atoms with van der Waals surface area (Å²) in [7, 11) is 0. The van der Waals surface area contributed by atoms with Gasteiger partial charge in [-0.2, -0.15) is 9.97 Å². The Morgan fingerprint density at radius 1 is 1.10 bits per heavy atom. The van der Waals surface area contributed by atoms with Crippen LogP contribution in [0.4, 0.5) is 11.6 Å². The van der Waals surface area contributed by atoms with Crippen LogP contribution in [0, 0.1) is 5.92 Å². The topological polar surface area (TPSA) is 84.6 Å². The van der Waals surface area contributed by atoms with Crippen LogP contribution < -0.4 is 15.4 Å². The van der Waals surface area contributed by atoms with E-state index >= 15 is 0 Å². The fourth-order valence-electron chi connectivity index (χ4n) is 5.19. The van der Waals surface area contributed by atoms with Crippen LogP contribution in [0.25, 0.3) is 0 Å². The number of hydrogen-bond donors (Lipinski definition) is 1. The number of nitrogen functional groups attached to an aromatic ring is 1. The number of anilines is 2. The summed E-state index contributed by atoms with van der Waals surface area (Å²) in [6.07, 6.45) is 12.8. The molecule has 0 aromatic carbocycles. The van der Waals surface area contributed by atoms with E-state index in [1.165, 1.54) is 58.0 Å². The van der Waals surface area contributed by atoms with Crippen molar-refractivity contribution in [2.75, 3.05) is 36.9 Å². The van der Waals surface area contributed by atoms with Crippen LogP contribution in [0.5, 0.6) is 6.01 Å². The van der Waals surface area contributed by atoms with E-state index in [0.717, 1.165) is 30.9 Å². The van der Waals surface area contributed by atoms with Gasteiger partial charge in [0.2, 0.25) is 5.91 Å². The van der Waals surface area contributed by atoms with Crippen LogP contribution in [0.1, 0.15) is 76.7 Å². The molecule has 7 heteroatoms. The fourth-order valence-corrected chi connectivity index (χ4v) is 5.19. The van der Waals surface area contributed by atoms with Crippen molar-refractivity contribution in [2.24, 2.45) is 5.92 Å². The Bertz CT molecular complexity index is 727. The third-order valence-corrected chi connectivity index (χ3v) is 7.11. The van der Waals surface area contributed by atoms with E-state index in [1.807, 2.05) is 4.90 Å². The minimum absolute atomic E-state index is 0.0800. The Balaban J connectivity index is 1.32. The lowest BCUT2D eigenvalue weighted by molar-refractivity contribution is -0.117. The van der Waals surface area contributed by atoms with Gasteiger partial charge < -0.3 is 15.4 Å². The number of rotatable bonds is 8. The SMILES string of the molecule is CCCCOc1nc(N)c2c(n1)N(CCC1CCN(C3CCCCC3)CC1)C(=O)C2. The first-order valence-corrected chi connectivity index (χ1v) is 12.0. The number of nitrogens with two attached hydrogens (primary N) is 1. The molecule has 0 atom stereocenters. The normalized spacial score (nSPS) is 21.2. The van der Waals surface area contributed by atoms with Crippen molar-refractivity contribution in [3.63, 3.8) is 0 Å². The van der Waals surface area contributed by atoms with Crippen LogP contribution in [-0.4, -0.2) is 53.1 Å². The maximum Gasteiger partial charge on any atom is 0.320 e. The molecule has 3 heterocycles. The predicted octanol–water partition coefficient (Wildman–Crippen LogP) is 3.56. The Morgan fingerprint density at radius 2 is 1.87 bits per heavy atom. The van der Waals surface area contributed by atoms with Crippen molar-refractivity contribution in [2.45, 2.75) is 83.6 Å². The Morgan fingerprint density at radius 3 is 2.60 bits per heavy atom. The smallest absolute Gasteiger partial charge is 0.320 e. The summed E-state index contributed by atoms with van der Waals surface area (Å²) in [4.78, 5) is 26.0. The summed E-state index contributed by atoms with van der Waals surface area (Å²) in [5.41, 5.74) is 6.87. The summed E-state index contributed by atoms with van der Waals surface area (Å²) in [6, 6.07) is 1.11. The first kappa shape index (κ1) is 21.3. The van der Waals surface area contributed by atoms with Crippen LogP contribution in [0.3, 0.4) is 0 Å². The largest absolute Gasteiger partial charge is 0.463 e. The Kier molecular flexibility index (Phi) is 7.08. The lowest BCUT2D eigenvalue weighted by Crippen LogP contribution is -2.43. The molecule has 1 saturated heterocycles. The highest BCUT2D eigenvalue weighted by atomic mass is 16.5. The quantitative estimate of drug-likeness (QED) is 0.654. The number of unbranched alkanes of at least 4 members (excludes halogenated alkanes) is 1. The van der Waals surface area contributed by atoms with E-state index in [2.05, 4.69) is 21.8 Å². The highest BCUT2D eigenvalue weighted by Gasteiger charge is 2.33. The van der Waals surface area contributed by atoms with Crippen molar-refractivity contribution in [3.05, 3.63) is 5.56 Å². The van der Waals surface area contributed by atoms with Crippen molar-refractivity contribution in [1.29, 1.82) is 0 Å². The van der Waals surface area contributed by atoms with E-state index in [4.69, 9.17) is 10.5 Å². The maximum atomic E-state index is 12.6. The summed E-state index contributed by atoms with van der Waals surface area (Å²) in [6.45, 7) is 5.82.